The van der Waals surface area contributed by atoms with Gasteiger partial charge in [0, 0.05) is 19.1 Å². The number of furan rings is 1. The van der Waals surface area contributed by atoms with Crippen LogP contribution in [0.3, 0.4) is 0 Å². The fourth-order valence-electron chi connectivity index (χ4n) is 2.29. The van der Waals surface area contributed by atoms with Crippen molar-refractivity contribution in [3.8, 4) is 0 Å². The van der Waals surface area contributed by atoms with E-state index in [1.165, 1.54) is 6.26 Å². The maximum atomic E-state index is 11.9. The molecule has 1 saturated heterocycles. The summed E-state index contributed by atoms with van der Waals surface area (Å²) in [5.41, 5.74) is 0.564. The number of hydrogen-bond donors (Lipinski definition) is 1. The van der Waals surface area contributed by atoms with Gasteiger partial charge < -0.3 is 14.6 Å². The molecular weight excluding hydrogens is 296 g/mol. The van der Waals surface area contributed by atoms with Gasteiger partial charge in [-0.1, -0.05) is 0 Å². The Balaban J connectivity index is 1.79. The predicted molar refractivity (Wildman–Crippen MR) is 73.6 cm³/mol. The standard InChI is InChI=1S/C13H19BrN2O2/c1-9(2)16-5-3-10(8-16)7-15-13(17)11-4-6-18-12(11)14/h4,6,9-10H,3,5,7-8H2,1-2H3,(H,15,17). The quantitative estimate of drug-likeness (QED) is 0.928. The number of rotatable bonds is 4. The number of likely N-dealkylation sites (tertiary alicyclic amines) is 1. The second kappa shape index (κ2) is 5.89. The van der Waals surface area contributed by atoms with Gasteiger partial charge in [0.2, 0.25) is 0 Å². The summed E-state index contributed by atoms with van der Waals surface area (Å²) in [6.45, 7) is 7.37. The average Bonchev–Trinajstić information content (AvgIpc) is 2.94. The summed E-state index contributed by atoms with van der Waals surface area (Å²) >= 11 is 3.21. The number of carbonyl (C=O) groups is 1. The molecule has 1 aliphatic rings. The van der Waals surface area contributed by atoms with Crippen LogP contribution in [0, 0.1) is 5.92 Å². The fourth-order valence-corrected chi connectivity index (χ4v) is 2.71. The minimum atomic E-state index is -0.0707. The van der Waals surface area contributed by atoms with Gasteiger partial charge in [0.05, 0.1) is 11.8 Å². The van der Waals surface area contributed by atoms with E-state index in [-0.39, 0.29) is 5.91 Å². The molecule has 2 heterocycles. The minimum Gasteiger partial charge on any atom is -0.457 e. The summed E-state index contributed by atoms with van der Waals surface area (Å²) in [7, 11) is 0. The fraction of sp³-hybridized carbons (Fsp3) is 0.615. The molecule has 18 heavy (non-hydrogen) atoms. The van der Waals surface area contributed by atoms with Crippen molar-refractivity contribution in [2.75, 3.05) is 19.6 Å². The SMILES string of the molecule is CC(C)N1CCC(CNC(=O)c2ccoc2Br)C1. The van der Waals surface area contributed by atoms with Crippen LogP contribution < -0.4 is 5.32 Å². The average molecular weight is 315 g/mol. The van der Waals surface area contributed by atoms with Gasteiger partial charge in [-0.3, -0.25) is 4.79 Å². The molecule has 4 nitrogen and oxygen atoms in total. The predicted octanol–water partition coefficient (Wildman–Crippen LogP) is 2.50. The third-order valence-corrected chi connectivity index (χ3v) is 4.08. The van der Waals surface area contributed by atoms with E-state index in [0.29, 0.717) is 22.2 Å². The first-order valence-electron chi connectivity index (χ1n) is 6.33. The summed E-state index contributed by atoms with van der Waals surface area (Å²) in [6.07, 6.45) is 2.67. The first-order valence-corrected chi connectivity index (χ1v) is 7.12. The molecule has 1 aliphatic heterocycles. The van der Waals surface area contributed by atoms with E-state index in [1.54, 1.807) is 6.07 Å². The van der Waals surface area contributed by atoms with Crippen LogP contribution >= 0.6 is 15.9 Å². The third-order valence-electron chi connectivity index (χ3n) is 3.46. The number of carbonyl (C=O) groups excluding carboxylic acids is 1. The molecule has 1 atom stereocenters. The van der Waals surface area contributed by atoms with Crippen LogP contribution in [-0.4, -0.2) is 36.5 Å². The van der Waals surface area contributed by atoms with E-state index >= 15 is 0 Å². The zero-order valence-corrected chi connectivity index (χ0v) is 12.4. The Morgan fingerprint density at radius 3 is 3.00 bits per heavy atom. The highest BCUT2D eigenvalue weighted by Crippen LogP contribution is 2.19. The number of nitrogens with one attached hydrogen (secondary N) is 1. The van der Waals surface area contributed by atoms with Crippen molar-refractivity contribution in [2.45, 2.75) is 26.3 Å². The molecule has 0 saturated carbocycles. The lowest BCUT2D eigenvalue weighted by molar-refractivity contribution is 0.0945. The van der Waals surface area contributed by atoms with Gasteiger partial charge in [-0.05, 0) is 54.7 Å². The summed E-state index contributed by atoms with van der Waals surface area (Å²) < 4.78 is 5.55. The molecule has 0 aromatic carbocycles. The van der Waals surface area contributed by atoms with E-state index < -0.39 is 0 Å². The van der Waals surface area contributed by atoms with Crippen LogP contribution in [0.25, 0.3) is 0 Å². The highest BCUT2D eigenvalue weighted by atomic mass is 79.9. The van der Waals surface area contributed by atoms with Crippen molar-refractivity contribution < 1.29 is 9.21 Å². The molecule has 1 unspecified atom stereocenters. The van der Waals surface area contributed by atoms with Crippen LogP contribution in [0.2, 0.25) is 0 Å². The molecular formula is C13H19BrN2O2. The molecule has 0 spiro atoms. The lowest BCUT2D eigenvalue weighted by Gasteiger charge is -2.20. The van der Waals surface area contributed by atoms with Crippen molar-refractivity contribution in [1.29, 1.82) is 0 Å². The normalized spacial score (nSPS) is 20.6. The summed E-state index contributed by atoms with van der Waals surface area (Å²) in [5.74, 6) is 0.487. The lowest BCUT2D eigenvalue weighted by Crippen LogP contribution is -2.32. The minimum absolute atomic E-state index is 0.0707. The van der Waals surface area contributed by atoms with Crippen LogP contribution in [0.1, 0.15) is 30.6 Å². The van der Waals surface area contributed by atoms with Crippen LogP contribution in [-0.2, 0) is 0 Å². The van der Waals surface area contributed by atoms with E-state index in [4.69, 9.17) is 4.42 Å². The number of hydrogen-bond acceptors (Lipinski definition) is 3. The Kier molecular flexibility index (Phi) is 4.45. The topological polar surface area (TPSA) is 45.5 Å². The van der Waals surface area contributed by atoms with Gasteiger partial charge in [0.1, 0.15) is 0 Å². The van der Waals surface area contributed by atoms with Crippen LogP contribution in [0.4, 0.5) is 0 Å². The van der Waals surface area contributed by atoms with Crippen molar-refractivity contribution in [3.63, 3.8) is 0 Å². The first kappa shape index (κ1) is 13.6. The molecule has 1 aromatic rings. The second-order valence-corrected chi connectivity index (χ2v) is 5.78. The highest BCUT2D eigenvalue weighted by molar-refractivity contribution is 9.10. The third kappa shape index (κ3) is 3.14. The zero-order chi connectivity index (χ0) is 13.1. The first-order chi connectivity index (χ1) is 8.58. The maximum Gasteiger partial charge on any atom is 0.255 e. The maximum absolute atomic E-state index is 11.9. The molecule has 100 valence electrons. The zero-order valence-electron chi connectivity index (χ0n) is 10.8. The number of amides is 1. The second-order valence-electron chi connectivity index (χ2n) is 5.06. The monoisotopic (exact) mass is 314 g/mol. The summed E-state index contributed by atoms with van der Waals surface area (Å²) in [6, 6.07) is 2.27. The van der Waals surface area contributed by atoms with Crippen LogP contribution in [0.5, 0.6) is 0 Å². The smallest absolute Gasteiger partial charge is 0.255 e. The number of nitrogens with zero attached hydrogens (tertiary/aromatic N) is 1. The van der Waals surface area contributed by atoms with Gasteiger partial charge in [-0.2, -0.15) is 0 Å². The molecule has 1 aromatic heterocycles. The van der Waals surface area contributed by atoms with Gasteiger partial charge in [0.25, 0.3) is 5.91 Å². The highest BCUT2D eigenvalue weighted by Gasteiger charge is 2.24. The Morgan fingerprint density at radius 2 is 2.44 bits per heavy atom. The summed E-state index contributed by atoms with van der Waals surface area (Å²) in [4.78, 5) is 14.3. The molecule has 1 fully saturated rings. The molecule has 0 aliphatic carbocycles. The molecule has 1 N–H and O–H groups in total. The Bertz CT molecular complexity index is 417. The van der Waals surface area contributed by atoms with E-state index in [2.05, 4.69) is 40.0 Å². The molecule has 1 amide bonds. The largest absolute Gasteiger partial charge is 0.457 e. The molecule has 0 radical (unpaired) electrons. The van der Waals surface area contributed by atoms with Gasteiger partial charge in [0.15, 0.2) is 4.67 Å². The van der Waals surface area contributed by atoms with E-state index in [9.17, 15) is 4.79 Å². The van der Waals surface area contributed by atoms with Gasteiger partial charge >= 0.3 is 0 Å². The van der Waals surface area contributed by atoms with E-state index in [1.807, 2.05) is 0 Å². The summed E-state index contributed by atoms with van der Waals surface area (Å²) in [5, 5.41) is 2.97. The lowest BCUT2D eigenvalue weighted by atomic mass is 10.1. The van der Waals surface area contributed by atoms with Crippen molar-refractivity contribution >= 4 is 21.8 Å². The Morgan fingerprint density at radius 1 is 1.67 bits per heavy atom. The van der Waals surface area contributed by atoms with E-state index in [0.717, 1.165) is 26.1 Å². The van der Waals surface area contributed by atoms with Gasteiger partial charge in [-0.25, -0.2) is 0 Å². The Hall–Kier alpha value is -0.810. The Labute approximate surface area is 116 Å². The van der Waals surface area contributed by atoms with Crippen molar-refractivity contribution in [1.82, 2.24) is 10.2 Å². The van der Waals surface area contributed by atoms with Crippen molar-refractivity contribution in [3.05, 3.63) is 22.6 Å². The molecule has 0 bridgehead atoms. The van der Waals surface area contributed by atoms with Crippen LogP contribution in [0.15, 0.2) is 21.4 Å². The van der Waals surface area contributed by atoms with Gasteiger partial charge in [-0.15, -0.1) is 0 Å². The molecule has 2 rings (SSSR count). The number of halogens is 1. The molecule has 5 heteroatoms. The van der Waals surface area contributed by atoms with Crippen molar-refractivity contribution in [2.24, 2.45) is 5.92 Å².